The summed E-state index contributed by atoms with van der Waals surface area (Å²) in [7, 11) is 0. The summed E-state index contributed by atoms with van der Waals surface area (Å²) in [6.07, 6.45) is 3.68. The van der Waals surface area contributed by atoms with E-state index in [0.29, 0.717) is 11.5 Å². The van der Waals surface area contributed by atoms with Crippen LogP contribution in [0.5, 0.6) is 11.5 Å². The minimum atomic E-state index is -0.184. The van der Waals surface area contributed by atoms with Gasteiger partial charge in [0.05, 0.1) is 0 Å². The predicted octanol–water partition coefficient (Wildman–Crippen LogP) is 5.28. The Morgan fingerprint density at radius 3 is 1.31 bits per heavy atom. The maximum absolute atomic E-state index is 12.6. The molecule has 36 heavy (non-hydrogen) atoms. The lowest BCUT2D eigenvalue weighted by atomic mass is 9.87. The number of ether oxygens (including phenoxy) is 2. The molecule has 0 saturated heterocycles. The number of carbonyl (C=O) groups excluding carboxylic acids is 2. The molecular formula is C30H42N2O4. The van der Waals surface area contributed by atoms with E-state index in [4.69, 9.17) is 9.47 Å². The Morgan fingerprint density at radius 1 is 0.667 bits per heavy atom. The van der Waals surface area contributed by atoms with Crippen LogP contribution >= 0.6 is 0 Å². The van der Waals surface area contributed by atoms with Crippen molar-refractivity contribution in [2.75, 3.05) is 13.2 Å². The van der Waals surface area contributed by atoms with Gasteiger partial charge in [-0.1, -0.05) is 78.6 Å². The summed E-state index contributed by atoms with van der Waals surface area (Å²) in [6, 6.07) is 15.5. The van der Waals surface area contributed by atoms with Crippen LogP contribution in [-0.2, 0) is 20.4 Å². The van der Waals surface area contributed by atoms with Crippen LogP contribution in [0, 0.1) is 0 Å². The first-order chi connectivity index (χ1) is 16.9. The molecule has 1 aliphatic carbocycles. The van der Waals surface area contributed by atoms with E-state index in [9.17, 15) is 9.59 Å². The Kier molecular flexibility index (Phi) is 9.04. The lowest BCUT2D eigenvalue weighted by molar-refractivity contribution is -0.127. The molecule has 0 radical (unpaired) electrons. The quantitative estimate of drug-likeness (QED) is 0.523. The summed E-state index contributed by atoms with van der Waals surface area (Å²) in [5, 5.41) is 6.11. The van der Waals surface area contributed by atoms with Gasteiger partial charge >= 0.3 is 0 Å². The molecule has 0 spiro atoms. The maximum atomic E-state index is 12.6. The van der Waals surface area contributed by atoms with Crippen molar-refractivity contribution in [3.05, 3.63) is 59.7 Å². The first-order valence-corrected chi connectivity index (χ1v) is 13.0. The zero-order chi connectivity index (χ0) is 26.3. The fraction of sp³-hybridized carbons (Fsp3) is 0.533. The zero-order valence-corrected chi connectivity index (χ0v) is 22.6. The molecule has 0 aliphatic heterocycles. The largest absolute Gasteiger partial charge is 0.484 e. The Balaban J connectivity index is 1.45. The second kappa shape index (κ2) is 11.8. The molecule has 2 N–H and O–H groups in total. The molecule has 3 rings (SSSR count). The van der Waals surface area contributed by atoms with Crippen molar-refractivity contribution in [1.82, 2.24) is 10.6 Å². The average Bonchev–Trinajstić information content (AvgIpc) is 2.82. The van der Waals surface area contributed by atoms with Gasteiger partial charge in [0.15, 0.2) is 13.2 Å². The molecule has 0 aromatic heterocycles. The highest BCUT2D eigenvalue weighted by atomic mass is 16.5. The van der Waals surface area contributed by atoms with Gasteiger partial charge in [-0.25, -0.2) is 0 Å². The number of benzene rings is 2. The summed E-state index contributed by atoms with van der Waals surface area (Å²) in [5.74, 6) is 0.964. The number of rotatable bonds is 8. The Hall–Kier alpha value is -3.02. The van der Waals surface area contributed by atoms with Gasteiger partial charge < -0.3 is 20.1 Å². The van der Waals surface area contributed by atoms with Crippen LogP contribution in [-0.4, -0.2) is 37.1 Å². The molecule has 2 atom stereocenters. The lowest BCUT2D eigenvalue weighted by Gasteiger charge is -2.32. The minimum Gasteiger partial charge on any atom is -0.484 e. The summed E-state index contributed by atoms with van der Waals surface area (Å²) >= 11 is 0. The third-order valence-corrected chi connectivity index (χ3v) is 6.64. The highest BCUT2D eigenvalue weighted by Crippen LogP contribution is 2.25. The third kappa shape index (κ3) is 8.28. The average molecular weight is 495 g/mol. The van der Waals surface area contributed by atoms with Crippen molar-refractivity contribution in [3.8, 4) is 11.5 Å². The van der Waals surface area contributed by atoms with Crippen molar-refractivity contribution in [2.45, 2.75) is 90.1 Å². The molecule has 0 bridgehead atoms. The van der Waals surface area contributed by atoms with Crippen LogP contribution in [0.4, 0.5) is 0 Å². The highest BCUT2D eigenvalue weighted by Gasteiger charge is 2.28. The Labute approximate surface area is 216 Å². The summed E-state index contributed by atoms with van der Waals surface area (Å²) in [6.45, 7) is 12.8. The van der Waals surface area contributed by atoms with Gasteiger partial charge in [-0.15, -0.1) is 0 Å². The molecule has 6 heteroatoms. The lowest BCUT2D eigenvalue weighted by Crippen LogP contribution is -2.54. The number of carbonyl (C=O) groups is 2. The van der Waals surface area contributed by atoms with E-state index in [1.165, 1.54) is 11.1 Å². The number of hydrogen-bond donors (Lipinski definition) is 2. The number of hydrogen-bond acceptors (Lipinski definition) is 4. The van der Waals surface area contributed by atoms with Crippen molar-refractivity contribution in [1.29, 1.82) is 0 Å². The van der Waals surface area contributed by atoms with Crippen molar-refractivity contribution in [3.63, 3.8) is 0 Å². The zero-order valence-electron chi connectivity index (χ0n) is 22.6. The second-order valence-electron chi connectivity index (χ2n) is 11.8. The topological polar surface area (TPSA) is 76.7 Å². The molecule has 0 heterocycles. The van der Waals surface area contributed by atoms with E-state index in [0.717, 1.165) is 25.7 Å². The smallest absolute Gasteiger partial charge is 0.258 e. The van der Waals surface area contributed by atoms with Gasteiger partial charge in [0.1, 0.15) is 11.5 Å². The fourth-order valence-electron chi connectivity index (χ4n) is 4.37. The Bertz CT molecular complexity index is 918. The van der Waals surface area contributed by atoms with Crippen molar-refractivity contribution in [2.24, 2.45) is 0 Å². The van der Waals surface area contributed by atoms with Crippen molar-refractivity contribution < 1.29 is 19.1 Å². The normalized spacial score (nSPS) is 18.3. The minimum absolute atomic E-state index is 0.0559. The standard InChI is InChI=1S/C30H42N2O4/c1-29(2,3)21-11-15-23(16-12-21)35-19-27(33)31-25-9-7-8-10-26(25)32-28(34)20-36-24-17-13-22(14-18-24)30(4,5)6/h11-18,25-26H,7-10,19-20H2,1-6H3,(H,31,33)(H,32,34)/t25-,26+. The molecule has 0 unspecified atom stereocenters. The maximum Gasteiger partial charge on any atom is 0.258 e. The van der Waals surface area contributed by atoms with E-state index in [-0.39, 0.29) is 47.9 Å². The third-order valence-electron chi connectivity index (χ3n) is 6.64. The van der Waals surface area contributed by atoms with Crippen LogP contribution in [0.1, 0.15) is 78.4 Å². The molecular weight excluding hydrogens is 452 g/mol. The van der Waals surface area contributed by atoms with Gasteiger partial charge in [0.2, 0.25) is 0 Å². The molecule has 6 nitrogen and oxygen atoms in total. The molecule has 2 aromatic rings. The van der Waals surface area contributed by atoms with E-state index >= 15 is 0 Å². The van der Waals surface area contributed by atoms with Gasteiger partial charge in [-0.05, 0) is 59.1 Å². The van der Waals surface area contributed by atoms with Gasteiger partial charge in [0, 0.05) is 12.1 Å². The van der Waals surface area contributed by atoms with Crippen LogP contribution < -0.4 is 20.1 Å². The molecule has 1 saturated carbocycles. The van der Waals surface area contributed by atoms with E-state index in [2.05, 4.69) is 52.2 Å². The first-order valence-electron chi connectivity index (χ1n) is 13.0. The second-order valence-corrected chi connectivity index (χ2v) is 11.8. The Morgan fingerprint density at radius 2 is 1.00 bits per heavy atom. The van der Waals surface area contributed by atoms with E-state index < -0.39 is 0 Å². The number of nitrogens with one attached hydrogen (secondary N) is 2. The summed E-state index contributed by atoms with van der Waals surface area (Å²) in [4.78, 5) is 25.2. The molecule has 1 aliphatic rings. The van der Waals surface area contributed by atoms with E-state index in [1.54, 1.807) is 0 Å². The first kappa shape index (κ1) is 27.6. The molecule has 1 fully saturated rings. The van der Waals surface area contributed by atoms with Crippen LogP contribution in [0.25, 0.3) is 0 Å². The monoisotopic (exact) mass is 494 g/mol. The van der Waals surface area contributed by atoms with Gasteiger partial charge in [-0.3, -0.25) is 9.59 Å². The number of amides is 2. The van der Waals surface area contributed by atoms with Gasteiger partial charge in [0.25, 0.3) is 11.8 Å². The summed E-state index contributed by atoms with van der Waals surface area (Å²) < 4.78 is 11.4. The molecule has 196 valence electrons. The van der Waals surface area contributed by atoms with Crippen LogP contribution in [0.3, 0.4) is 0 Å². The molecule has 2 amide bonds. The van der Waals surface area contributed by atoms with Crippen LogP contribution in [0.15, 0.2) is 48.5 Å². The van der Waals surface area contributed by atoms with E-state index in [1.807, 2.05) is 48.5 Å². The predicted molar refractivity (Wildman–Crippen MR) is 144 cm³/mol. The summed E-state index contributed by atoms with van der Waals surface area (Å²) in [5.41, 5.74) is 2.56. The van der Waals surface area contributed by atoms with Crippen LogP contribution in [0.2, 0.25) is 0 Å². The van der Waals surface area contributed by atoms with Gasteiger partial charge in [-0.2, -0.15) is 0 Å². The highest BCUT2D eigenvalue weighted by molar-refractivity contribution is 5.79. The van der Waals surface area contributed by atoms with Crippen molar-refractivity contribution >= 4 is 11.8 Å². The fourth-order valence-corrected chi connectivity index (χ4v) is 4.37. The molecule has 2 aromatic carbocycles. The SMILES string of the molecule is CC(C)(C)c1ccc(OCC(=O)N[C@H]2CCCC[C@H]2NC(=O)COc2ccc(C(C)(C)C)cc2)cc1.